The Morgan fingerprint density at radius 2 is 1.77 bits per heavy atom. The molecular weight excluding hydrogens is 392 g/mol. The highest BCUT2D eigenvalue weighted by atomic mass is 16.5. The maximum atomic E-state index is 13.0. The molecule has 0 bridgehead atoms. The minimum atomic E-state index is -0.678. The van der Waals surface area contributed by atoms with E-state index in [1.54, 1.807) is 24.3 Å². The first kappa shape index (κ1) is 22.6. The quantitative estimate of drug-likeness (QED) is 0.305. The number of hydrogen-bond donors (Lipinski definition) is 0. The fourth-order valence-electron chi connectivity index (χ4n) is 3.83. The molecule has 1 aromatic heterocycles. The number of carbonyl (C=O) groups is 1. The van der Waals surface area contributed by atoms with Crippen molar-refractivity contribution in [3.63, 3.8) is 0 Å². The van der Waals surface area contributed by atoms with Gasteiger partial charge in [0.25, 0.3) is 0 Å². The van der Waals surface area contributed by atoms with E-state index in [2.05, 4.69) is 13.8 Å². The number of hydrogen-bond acceptors (Lipinski definition) is 5. The van der Waals surface area contributed by atoms with Crippen LogP contribution in [0.15, 0.2) is 51.7 Å². The van der Waals surface area contributed by atoms with Gasteiger partial charge in [-0.2, -0.15) is 0 Å². The highest BCUT2D eigenvalue weighted by Gasteiger charge is 2.18. The molecule has 3 rings (SSSR count). The molecule has 0 aliphatic carbocycles. The molecule has 0 saturated heterocycles. The van der Waals surface area contributed by atoms with Crippen molar-refractivity contribution < 1.29 is 18.7 Å². The molecular formula is C26H30O5. The van der Waals surface area contributed by atoms with Gasteiger partial charge < -0.3 is 13.9 Å². The highest BCUT2D eigenvalue weighted by molar-refractivity contribution is 6.10. The molecule has 1 unspecified atom stereocenters. The Labute approximate surface area is 183 Å². The number of rotatable bonds is 10. The third-order valence-electron chi connectivity index (χ3n) is 5.77. The van der Waals surface area contributed by atoms with Crippen LogP contribution in [0.2, 0.25) is 0 Å². The van der Waals surface area contributed by atoms with Gasteiger partial charge >= 0.3 is 5.63 Å². The molecule has 0 spiro atoms. The van der Waals surface area contributed by atoms with E-state index < -0.39 is 5.63 Å². The fourth-order valence-corrected chi connectivity index (χ4v) is 3.83. The molecule has 0 N–H and O–H groups in total. The van der Waals surface area contributed by atoms with Crippen LogP contribution in [0.3, 0.4) is 0 Å². The number of carbonyl (C=O) groups excluding carboxylic acids is 1. The minimum absolute atomic E-state index is 0.0157. The summed E-state index contributed by atoms with van der Waals surface area (Å²) >= 11 is 0. The predicted molar refractivity (Wildman–Crippen MR) is 122 cm³/mol. The van der Waals surface area contributed by atoms with Gasteiger partial charge in [0.15, 0.2) is 5.78 Å². The van der Waals surface area contributed by atoms with Crippen LogP contribution in [0.1, 0.15) is 61.0 Å². The number of ether oxygens (including phenoxy) is 2. The lowest BCUT2D eigenvalue weighted by molar-refractivity contribution is 0.103. The molecule has 5 heteroatoms. The second kappa shape index (κ2) is 10.3. The molecule has 1 heterocycles. The molecule has 0 aliphatic heterocycles. The van der Waals surface area contributed by atoms with E-state index in [9.17, 15) is 9.59 Å². The highest BCUT2D eigenvalue weighted by Crippen LogP contribution is 2.31. The van der Waals surface area contributed by atoms with Gasteiger partial charge in [0.1, 0.15) is 22.6 Å². The second-order valence-corrected chi connectivity index (χ2v) is 7.84. The van der Waals surface area contributed by atoms with E-state index in [-0.39, 0.29) is 11.3 Å². The summed E-state index contributed by atoms with van der Waals surface area (Å²) in [5.41, 5.74) is 1.29. The van der Waals surface area contributed by atoms with Gasteiger partial charge in [0, 0.05) is 17.7 Å². The van der Waals surface area contributed by atoms with E-state index in [0.717, 1.165) is 12.8 Å². The van der Waals surface area contributed by atoms with Crippen molar-refractivity contribution in [3.05, 3.63) is 69.6 Å². The Balaban J connectivity index is 1.88. The topological polar surface area (TPSA) is 65.7 Å². The van der Waals surface area contributed by atoms with Crippen molar-refractivity contribution in [2.45, 2.75) is 46.0 Å². The smallest absolute Gasteiger partial charge is 0.347 e. The summed E-state index contributed by atoms with van der Waals surface area (Å²) < 4.78 is 16.0. The molecule has 3 aromatic rings. The van der Waals surface area contributed by atoms with Crippen LogP contribution in [0.25, 0.3) is 11.0 Å². The Kier molecular flexibility index (Phi) is 7.50. The van der Waals surface area contributed by atoms with Gasteiger partial charge in [0.05, 0.1) is 19.6 Å². The van der Waals surface area contributed by atoms with E-state index in [4.69, 9.17) is 13.9 Å². The zero-order valence-electron chi connectivity index (χ0n) is 18.7. The van der Waals surface area contributed by atoms with Gasteiger partial charge in [-0.15, -0.1) is 0 Å². The average molecular weight is 423 g/mol. The number of benzene rings is 2. The van der Waals surface area contributed by atoms with E-state index >= 15 is 0 Å². The van der Waals surface area contributed by atoms with Crippen LogP contribution in [0.4, 0.5) is 0 Å². The summed E-state index contributed by atoms with van der Waals surface area (Å²) in [6.07, 6.45) is 5.81. The molecule has 164 valence electrons. The Morgan fingerprint density at radius 1 is 1.03 bits per heavy atom. The van der Waals surface area contributed by atoms with Crippen LogP contribution >= 0.6 is 0 Å². The monoisotopic (exact) mass is 422 g/mol. The number of fused-ring (bicyclic) bond motifs is 1. The summed E-state index contributed by atoms with van der Waals surface area (Å²) in [5, 5.41) is 0.546. The van der Waals surface area contributed by atoms with Crippen molar-refractivity contribution in [1.82, 2.24) is 0 Å². The van der Waals surface area contributed by atoms with Crippen LogP contribution in [0, 0.1) is 5.92 Å². The molecule has 0 saturated carbocycles. The largest absolute Gasteiger partial charge is 0.496 e. The molecule has 1 atom stereocenters. The second-order valence-electron chi connectivity index (χ2n) is 7.84. The molecule has 5 nitrogen and oxygen atoms in total. The lowest BCUT2D eigenvalue weighted by Crippen LogP contribution is -2.15. The van der Waals surface area contributed by atoms with Crippen LogP contribution < -0.4 is 15.1 Å². The van der Waals surface area contributed by atoms with E-state index in [0.29, 0.717) is 33.9 Å². The number of methoxy groups -OCH3 is 2. The Bertz CT molecular complexity index is 1100. The maximum Gasteiger partial charge on any atom is 0.347 e. The molecule has 0 amide bonds. The lowest BCUT2D eigenvalue weighted by atomic mass is 9.91. The summed E-state index contributed by atoms with van der Waals surface area (Å²) in [5.74, 6) is 1.27. The molecule has 0 fully saturated rings. The molecule has 0 aliphatic rings. The zero-order valence-corrected chi connectivity index (χ0v) is 18.7. The predicted octanol–water partition coefficient (Wildman–Crippen LogP) is 5.80. The first-order valence-corrected chi connectivity index (χ1v) is 10.8. The molecule has 2 aromatic carbocycles. The average Bonchev–Trinajstić information content (AvgIpc) is 2.80. The fraction of sp³-hybridized carbons (Fsp3) is 0.385. The third kappa shape index (κ3) is 5.16. The Hall–Kier alpha value is -3.08. The normalized spacial score (nSPS) is 12.0. The SMILES string of the molecule is CCCCC(CC)Cc1ccc(C(=O)c2cc3c(OC)cc(OC)cc3oc2=O)cc1. The number of ketones is 1. The van der Waals surface area contributed by atoms with Crippen molar-refractivity contribution in [3.8, 4) is 11.5 Å². The maximum absolute atomic E-state index is 13.0. The van der Waals surface area contributed by atoms with E-state index in [1.165, 1.54) is 45.1 Å². The van der Waals surface area contributed by atoms with Gasteiger partial charge in [-0.3, -0.25) is 4.79 Å². The molecule has 31 heavy (non-hydrogen) atoms. The van der Waals surface area contributed by atoms with Gasteiger partial charge in [-0.1, -0.05) is 63.8 Å². The number of unbranched alkanes of at least 4 members (excludes halogenated alkanes) is 1. The van der Waals surface area contributed by atoms with Crippen molar-refractivity contribution >= 4 is 16.8 Å². The van der Waals surface area contributed by atoms with Gasteiger partial charge in [-0.05, 0) is 24.0 Å². The van der Waals surface area contributed by atoms with Crippen LogP contribution in [0.5, 0.6) is 11.5 Å². The first-order valence-electron chi connectivity index (χ1n) is 10.8. The standard InChI is InChI=1S/C26H30O5/c1-5-7-8-17(6-2)13-18-9-11-19(12-10-18)25(27)22-16-21-23(30-4)14-20(29-3)15-24(21)31-26(22)28/h9-12,14-17H,5-8,13H2,1-4H3. The Morgan fingerprint density at radius 3 is 2.39 bits per heavy atom. The molecule has 0 radical (unpaired) electrons. The van der Waals surface area contributed by atoms with Crippen molar-refractivity contribution in [2.24, 2.45) is 5.92 Å². The lowest BCUT2D eigenvalue weighted by Gasteiger charge is -2.14. The van der Waals surface area contributed by atoms with Gasteiger partial charge in [-0.25, -0.2) is 4.79 Å². The minimum Gasteiger partial charge on any atom is -0.496 e. The van der Waals surface area contributed by atoms with Gasteiger partial charge in [0.2, 0.25) is 0 Å². The third-order valence-corrected chi connectivity index (χ3v) is 5.77. The summed E-state index contributed by atoms with van der Waals surface area (Å²) in [4.78, 5) is 25.6. The zero-order chi connectivity index (χ0) is 22.4. The summed E-state index contributed by atoms with van der Waals surface area (Å²) in [6, 6.07) is 12.4. The van der Waals surface area contributed by atoms with E-state index in [1.807, 2.05) is 12.1 Å². The summed E-state index contributed by atoms with van der Waals surface area (Å²) in [7, 11) is 3.04. The first-order chi connectivity index (χ1) is 15.0. The van der Waals surface area contributed by atoms with Crippen molar-refractivity contribution in [1.29, 1.82) is 0 Å². The van der Waals surface area contributed by atoms with Crippen LogP contribution in [-0.4, -0.2) is 20.0 Å². The van der Waals surface area contributed by atoms with Crippen molar-refractivity contribution in [2.75, 3.05) is 14.2 Å². The van der Waals surface area contributed by atoms with Crippen LogP contribution in [-0.2, 0) is 6.42 Å². The summed E-state index contributed by atoms with van der Waals surface area (Å²) in [6.45, 7) is 4.43.